The van der Waals surface area contributed by atoms with Crippen LogP contribution in [0.5, 0.6) is 0 Å². The zero-order valence-corrected chi connectivity index (χ0v) is 15.5. The molecule has 1 aromatic carbocycles. The molecular formula is C16H25ClN2O3S. The largest absolute Gasteiger partial charge is 0.339 e. The maximum Gasteiger partial charge on any atom is 0.255 e. The molecule has 1 aromatic rings. The Bertz CT molecular complexity index is 624. The smallest absolute Gasteiger partial charge is 0.255 e. The molecule has 5 nitrogen and oxygen atoms in total. The van der Waals surface area contributed by atoms with E-state index in [9.17, 15) is 13.2 Å². The molecule has 0 spiro atoms. The van der Waals surface area contributed by atoms with Crippen LogP contribution in [0.4, 0.5) is 0 Å². The standard InChI is InChI=1S/C16H25ClN2O3S/c1-4-6-10-19(11-7-5-2)16(20)14-12-13(8-9-15(14)17)23(21,22)18-3/h8-9,12,18H,4-7,10-11H2,1-3H3. The minimum Gasteiger partial charge on any atom is -0.339 e. The van der Waals surface area contributed by atoms with Gasteiger partial charge in [0.2, 0.25) is 10.0 Å². The van der Waals surface area contributed by atoms with Crippen molar-refractivity contribution in [2.45, 2.75) is 44.4 Å². The molecule has 0 heterocycles. The number of benzene rings is 1. The van der Waals surface area contributed by atoms with E-state index in [1.54, 1.807) is 4.90 Å². The Balaban J connectivity index is 3.14. The summed E-state index contributed by atoms with van der Waals surface area (Å²) < 4.78 is 26.1. The normalized spacial score (nSPS) is 11.5. The Morgan fingerprint density at radius 1 is 1.17 bits per heavy atom. The number of carbonyl (C=O) groups is 1. The first-order valence-electron chi connectivity index (χ1n) is 7.89. The predicted octanol–water partition coefficient (Wildman–Crippen LogP) is 3.29. The highest BCUT2D eigenvalue weighted by atomic mass is 35.5. The summed E-state index contributed by atoms with van der Waals surface area (Å²) >= 11 is 6.13. The maximum absolute atomic E-state index is 12.8. The van der Waals surface area contributed by atoms with Crippen LogP contribution >= 0.6 is 11.6 Å². The quantitative estimate of drug-likeness (QED) is 0.734. The van der Waals surface area contributed by atoms with E-state index in [1.807, 2.05) is 0 Å². The fourth-order valence-electron chi connectivity index (χ4n) is 2.14. The van der Waals surface area contributed by atoms with Crippen LogP contribution in [0, 0.1) is 0 Å². The molecule has 0 atom stereocenters. The van der Waals surface area contributed by atoms with E-state index in [-0.39, 0.29) is 21.4 Å². The van der Waals surface area contributed by atoms with Gasteiger partial charge in [-0.1, -0.05) is 38.3 Å². The highest BCUT2D eigenvalue weighted by Crippen LogP contribution is 2.22. The number of unbranched alkanes of at least 4 members (excludes halogenated alkanes) is 2. The van der Waals surface area contributed by atoms with Gasteiger partial charge in [0.15, 0.2) is 0 Å². The van der Waals surface area contributed by atoms with Gasteiger partial charge in [-0.2, -0.15) is 0 Å². The third kappa shape index (κ3) is 5.48. The summed E-state index contributed by atoms with van der Waals surface area (Å²) in [5.74, 6) is -0.218. The molecule has 1 amide bonds. The third-order valence-electron chi connectivity index (χ3n) is 3.60. The Morgan fingerprint density at radius 2 is 1.74 bits per heavy atom. The number of nitrogens with one attached hydrogen (secondary N) is 1. The Labute approximate surface area is 144 Å². The van der Waals surface area contributed by atoms with Crippen LogP contribution in [0.1, 0.15) is 49.9 Å². The summed E-state index contributed by atoms with van der Waals surface area (Å²) in [6, 6.07) is 4.20. The SMILES string of the molecule is CCCCN(CCCC)C(=O)c1cc(S(=O)(=O)NC)ccc1Cl. The molecule has 0 fully saturated rings. The van der Waals surface area contributed by atoms with E-state index < -0.39 is 10.0 Å². The second-order valence-corrected chi connectivity index (χ2v) is 7.64. The monoisotopic (exact) mass is 360 g/mol. The first-order valence-corrected chi connectivity index (χ1v) is 9.75. The molecule has 0 radical (unpaired) electrons. The molecule has 0 saturated heterocycles. The molecule has 0 aliphatic heterocycles. The fourth-order valence-corrected chi connectivity index (χ4v) is 3.09. The minimum atomic E-state index is -3.61. The van der Waals surface area contributed by atoms with Crippen molar-refractivity contribution < 1.29 is 13.2 Å². The van der Waals surface area contributed by atoms with Crippen molar-refractivity contribution in [2.75, 3.05) is 20.1 Å². The van der Waals surface area contributed by atoms with Crippen molar-refractivity contribution in [3.8, 4) is 0 Å². The number of carbonyl (C=O) groups excluding carboxylic acids is 1. The van der Waals surface area contributed by atoms with E-state index in [0.29, 0.717) is 13.1 Å². The van der Waals surface area contributed by atoms with Crippen LogP contribution < -0.4 is 4.72 Å². The second kappa shape index (κ2) is 9.25. The number of hydrogen-bond acceptors (Lipinski definition) is 3. The molecule has 0 bridgehead atoms. The third-order valence-corrected chi connectivity index (χ3v) is 5.34. The Morgan fingerprint density at radius 3 is 2.22 bits per heavy atom. The summed E-state index contributed by atoms with van der Waals surface area (Å²) in [5.41, 5.74) is 0.232. The van der Waals surface area contributed by atoms with Gasteiger partial charge in [-0.3, -0.25) is 4.79 Å². The summed E-state index contributed by atoms with van der Waals surface area (Å²) in [5, 5.41) is 0.267. The number of halogens is 1. The van der Waals surface area contributed by atoms with Crippen LogP contribution in [0.25, 0.3) is 0 Å². The first-order chi connectivity index (χ1) is 10.9. The van der Waals surface area contributed by atoms with Gasteiger partial charge in [0.25, 0.3) is 5.91 Å². The van der Waals surface area contributed by atoms with E-state index in [2.05, 4.69) is 18.6 Å². The van der Waals surface area contributed by atoms with Crippen molar-refractivity contribution >= 4 is 27.5 Å². The van der Waals surface area contributed by atoms with Crippen LogP contribution in [-0.4, -0.2) is 39.4 Å². The molecule has 23 heavy (non-hydrogen) atoms. The average Bonchev–Trinajstić information content (AvgIpc) is 2.54. The molecule has 0 aliphatic rings. The number of rotatable bonds is 9. The van der Waals surface area contributed by atoms with E-state index in [1.165, 1.54) is 25.2 Å². The minimum absolute atomic E-state index is 0.0404. The average molecular weight is 361 g/mol. The Hall–Kier alpha value is -1.11. The van der Waals surface area contributed by atoms with Gasteiger partial charge in [-0.15, -0.1) is 0 Å². The van der Waals surface area contributed by atoms with Gasteiger partial charge in [-0.25, -0.2) is 13.1 Å². The van der Waals surface area contributed by atoms with Gasteiger partial charge in [0.1, 0.15) is 0 Å². The van der Waals surface area contributed by atoms with Crippen molar-refractivity contribution in [3.63, 3.8) is 0 Å². The summed E-state index contributed by atoms with van der Waals surface area (Å²) in [4.78, 5) is 14.6. The van der Waals surface area contributed by atoms with Crippen LogP contribution in [0.2, 0.25) is 5.02 Å². The number of sulfonamides is 1. The molecule has 0 aliphatic carbocycles. The number of amides is 1. The first kappa shape index (κ1) is 19.9. The lowest BCUT2D eigenvalue weighted by molar-refractivity contribution is 0.0751. The lowest BCUT2D eigenvalue weighted by atomic mass is 10.1. The molecule has 0 saturated carbocycles. The van der Waals surface area contributed by atoms with E-state index >= 15 is 0 Å². The molecule has 0 aromatic heterocycles. The van der Waals surface area contributed by atoms with E-state index in [0.717, 1.165) is 25.7 Å². The van der Waals surface area contributed by atoms with Gasteiger partial charge in [0, 0.05) is 13.1 Å². The maximum atomic E-state index is 12.8. The van der Waals surface area contributed by atoms with Gasteiger partial charge in [0.05, 0.1) is 15.5 Å². The molecular weight excluding hydrogens is 336 g/mol. The fraction of sp³-hybridized carbons (Fsp3) is 0.562. The molecule has 1 N–H and O–H groups in total. The second-order valence-electron chi connectivity index (χ2n) is 5.35. The lowest BCUT2D eigenvalue weighted by Gasteiger charge is -2.23. The van der Waals surface area contributed by atoms with Gasteiger partial charge in [-0.05, 0) is 38.1 Å². The van der Waals surface area contributed by atoms with Crippen molar-refractivity contribution in [1.29, 1.82) is 0 Å². The van der Waals surface area contributed by atoms with Crippen LogP contribution in [0.15, 0.2) is 23.1 Å². The van der Waals surface area contributed by atoms with Crippen molar-refractivity contribution in [2.24, 2.45) is 0 Å². The zero-order valence-electron chi connectivity index (χ0n) is 13.9. The van der Waals surface area contributed by atoms with Gasteiger partial charge < -0.3 is 4.90 Å². The highest BCUT2D eigenvalue weighted by molar-refractivity contribution is 7.89. The zero-order chi connectivity index (χ0) is 17.5. The Kier molecular flexibility index (Phi) is 8.02. The van der Waals surface area contributed by atoms with Crippen molar-refractivity contribution in [1.82, 2.24) is 9.62 Å². The molecule has 7 heteroatoms. The number of nitrogens with zero attached hydrogens (tertiary/aromatic N) is 1. The topological polar surface area (TPSA) is 66.5 Å². The number of hydrogen-bond donors (Lipinski definition) is 1. The summed E-state index contributed by atoms with van der Waals surface area (Å²) in [7, 11) is -2.28. The predicted molar refractivity (Wildman–Crippen MR) is 93.4 cm³/mol. The van der Waals surface area contributed by atoms with Crippen LogP contribution in [-0.2, 0) is 10.0 Å². The molecule has 0 unspecified atom stereocenters. The van der Waals surface area contributed by atoms with Gasteiger partial charge >= 0.3 is 0 Å². The molecule has 1 rings (SSSR count). The molecule has 130 valence electrons. The summed E-state index contributed by atoms with van der Waals surface area (Å²) in [6.07, 6.45) is 3.78. The van der Waals surface area contributed by atoms with Crippen LogP contribution in [0.3, 0.4) is 0 Å². The summed E-state index contributed by atoms with van der Waals surface area (Å²) in [6.45, 7) is 5.43. The highest BCUT2D eigenvalue weighted by Gasteiger charge is 2.21. The van der Waals surface area contributed by atoms with Crippen molar-refractivity contribution in [3.05, 3.63) is 28.8 Å². The van der Waals surface area contributed by atoms with E-state index in [4.69, 9.17) is 11.6 Å². The lowest BCUT2D eigenvalue weighted by Crippen LogP contribution is -2.33.